The van der Waals surface area contributed by atoms with Gasteiger partial charge in [-0.1, -0.05) is 13.8 Å². The predicted octanol–water partition coefficient (Wildman–Crippen LogP) is -0.146. The van der Waals surface area contributed by atoms with E-state index in [9.17, 15) is 0 Å². The third-order valence-corrected chi connectivity index (χ3v) is 0.500. The van der Waals surface area contributed by atoms with Crippen molar-refractivity contribution >= 4 is 29.8 Å². The highest BCUT2D eigenvalue weighted by Gasteiger charge is 1.62. The molecule has 3 heteroatoms. The summed E-state index contributed by atoms with van der Waals surface area (Å²) in [5.41, 5.74) is 0. The summed E-state index contributed by atoms with van der Waals surface area (Å²) in [6.45, 7) is 6.39. The van der Waals surface area contributed by atoms with Crippen molar-refractivity contribution in [3.05, 3.63) is 0 Å². The van der Waals surface area contributed by atoms with Gasteiger partial charge in [0.2, 0.25) is 0 Å². The van der Waals surface area contributed by atoms with Gasteiger partial charge in [0.15, 0.2) is 17.4 Å². The van der Waals surface area contributed by atoms with E-state index in [1.54, 1.807) is 0 Å². The summed E-state index contributed by atoms with van der Waals surface area (Å²) < 4.78 is 0. The summed E-state index contributed by atoms with van der Waals surface area (Å²) in [7, 11) is 0. The molecule has 0 rings (SSSR count). The molecule has 0 aliphatic heterocycles. The monoisotopic (exact) mass is 139 g/mol. The molecule has 0 aliphatic rings. The summed E-state index contributed by atoms with van der Waals surface area (Å²) in [6, 6.07) is 0. The van der Waals surface area contributed by atoms with Crippen LogP contribution in [-0.2, 0) is 0 Å². The van der Waals surface area contributed by atoms with E-state index in [0.717, 1.165) is 13.1 Å². The SMILES string of the molecule is CCNCC.Cl.[AlH3]. The van der Waals surface area contributed by atoms with E-state index in [1.807, 2.05) is 0 Å². The third-order valence-electron chi connectivity index (χ3n) is 0.500. The number of hydrogen-bond donors (Lipinski definition) is 1. The minimum atomic E-state index is 0. The molecule has 0 fully saturated rings. The van der Waals surface area contributed by atoms with Crippen LogP contribution in [0.5, 0.6) is 0 Å². The summed E-state index contributed by atoms with van der Waals surface area (Å²) in [5.74, 6) is 0. The fourth-order valence-electron chi connectivity index (χ4n) is 0.250. The predicted molar refractivity (Wildman–Crippen MR) is 41.4 cm³/mol. The summed E-state index contributed by atoms with van der Waals surface area (Å²) >= 11 is 0. The Bertz CT molecular complexity index is 19.2. The van der Waals surface area contributed by atoms with Crippen molar-refractivity contribution in [1.82, 2.24) is 5.32 Å². The van der Waals surface area contributed by atoms with Gasteiger partial charge in [0.05, 0.1) is 0 Å². The zero-order chi connectivity index (χ0) is 4.12. The van der Waals surface area contributed by atoms with Gasteiger partial charge in [-0.3, -0.25) is 0 Å². The van der Waals surface area contributed by atoms with Gasteiger partial charge >= 0.3 is 0 Å². The highest BCUT2D eigenvalue weighted by atomic mass is 35.5. The van der Waals surface area contributed by atoms with Crippen LogP contribution < -0.4 is 5.32 Å². The van der Waals surface area contributed by atoms with Crippen LogP contribution in [0.3, 0.4) is 0 Å². The normalized spacial score (nSPS) is 6.00. The second-order valence-electron chi connectivity index (χ2n) is 0.957. The topological polar surface area (TPSA) is 12.0 Å². The van der Waals surface area contributed by atoms with Crippen molar-refractivity contribution in [3.8, 4) is 0 Å². The largest absolute Gasteiger partial charge is 0.317 e. The van der Waals surface area contributed by atoms with Crippen LogP contribution in [0.25, 0.3) is 0 Å². The van der Waals surface area contributed by atoms with Gasteiger partial charge in [-0.25, -0.2) is 0 Å². The lowest BCUT2D eigenvalue weighted by Crippen LogP contribution is -2.09. The lowest BCUT2D eigenvalue weighted by atomic mass is 10.7. The molecule has 1 nitrogen and oxygen atoms in total. The zero-order valence-electron chi connectivity index (χ0n) is 4.32. The van der Waals surface area contributed by atoms with E-state index in [0.29, 0.717) is 0 Å². The molecule has 0 spiro atoms. The van der Waals surface area contributed by atoms with Crippen molar-refractivity contribution in [2.75, 3.05) is 13.1 Å². The first-order chi connectivity index (χ1) is 2.41. The van der Waals surface area contributed by atoms with Gasteiger partial charge in [0.25, 0.3) is 0 Å². The summed E-state index contributed by atoms with van der Waals surface area (Å²) in [6.07, 6.45) is 0. The van der Waals surface area contributed by atoms with Crippen molar-refractivity contribution in [2.45, 2.75) is 13.8 Å². The molecule has 0 heterocycles. The lowest BCUT2D eigenvalue weighted by Gasteiger charge is -1.86. The van der Waals surface area contributed by atoms with E-state index >= 15 is 0 Å². The molecule has 0 bridgehead atoms. The van der Waals surface area contributed by atoms with Crippen molar-refractivity contribution in [1.29, 1.82) is 0 Å². The molecule has 0 saturated heterocycles. The molecule has 0 atom stereocenters. The number of rotatable bonds is 2. The molecule has 0 unspecified atom stereocenters. The minimum Gasteiger partial charge on any atom is -0.317 e. The lowest BCUT2D eigenvalue weighted by molar-refractivity contribution is 0.762. The van der Waals surface area contributed by atoms with Gasteiger partial charge in [0, 0.05) is 0 Å². The van der Waals surface area contributed by atoms with Crippen molar-refractivity contribution in [3.63, 3.8) is 0 Å². The molecule has 0 radical (unpaired) electrons. The van der Waals surface area contributed by atoms with Crippen LogP contribution in [0.1, 0.15) is 13.8 Å². The highest BCUT2D eigenvalue weighted by molar-refractivity contribution is 5.85. The summed E-state index contributed by atoms with van der Waals surface area (Å²) in [4.78, 5) is 0. The Morgan fingerprint density at radius 1 is 1.14 bits per heavy atom. The van der Waals surface area contributed by atoms with Gasteiger partial charge in [-0.2, -0.15) is 0 Å². The van der Waals surface area contributed by atoms with E-state index < -0.39 is 0 Å². The average Bonchev–Trinajstić information content (AvgIpc) is 1.41. The second kappa shape index (κ2) is 15.9. The Kier molecular flexibility index (Phi) is 35.4. The first kappa shape index (κ1) is 15.7. The van der Waals surface area contributed by atoms with Gasteiger partial charge in [-0.15, -0.1) is 12.4 Å². The molecular formula is C4H15AlClN. The van der Waals surface area contributed by atoms with Gasteiger partial charge in [0.1, 0.15) is 0 Å². The second-order valence-corrected chi connectivity index (χ2v) is 0.957. The Morgan fingerprint density at radius 2 is 1.43 bits per heavy atom. The molecule has 0 aromatic heterocycles. The van der Waals surface area contributed by atoms with Crippen LogP contribution in [-0.4, -0.2) is 30.5 Å². The first-order valence-electron chi connectivity index (χ1n) is 2.12. The molecular weight excluding hydrogens is 124 g/mol. The maximum Gasteiger partial charge on any atom is 0.187 e. The van der Waals surface area contributed by atoms with Crippen LogP contribution >= 0.6 is 12.4 Å². The molecule has 0 amide bonds. The quantitative estimate of drug-likeness (QED) is 0.525. The molecule has 0 saturated carbocycles. The summed E-state index contributed by atoms with van der Waals surface area (Å²) in [5, 5.41) is 3.11. The van der Waals surface area contributed by atoms with Crippen LogP contribution in [0.2, 0.25) is 0 Å². The third kappa shape index (κ3) is 20.0. The zero-order valence-corrected chi connectivity index (χ0v) is 5.14. The van der Waals surface area contributed by atoms with Gasteiger partial charge < -0.3 is 5.32 Å². The van der Waals surface area contributed by atoms with Crippen LogP contribution in [0.15, 0.2) is 0 Å². The van der Waals surface area contributed by atoms with E-state index in [-0.39, 0.29) is 29.8 Å². The molecule has 0 aliphatic carbocycles. The molecule has 1 N–H and O–H groups in total. The Hall–Kier alpha value is 0.782. The maximum atomic E-state index is 3.11. The van der Waals surface area contributed by atoms with E-state index in [4.69, 9.17) is 0 Å². The number of halogens is 1. The average molecular weight is 140 g/mol. The van der Waals surface area contributed by atoms with E-state index in [1.165, 1.54) is 0 Å². The number of nitrogens with one attached hydrogen (secondary N) is 1. The molecule has 0 aromatic carbocycles. The molecule has 46 valence electrons. The smallest absolute Gasteiger partial charge is 0.187 e. The van der Waals surface area contributed by atoms with Crippen molar-refractivity contribution in [2.24, 2.45) is 0 Å². The first-order valence-corrected chi connectivity index (χ1v) is 2.12. The highest BCUT2D eigenvalue weighted by Crippen LogP contribution is 1.47. The van der Waals surface area contributed by atoms with Crippen LogP contribution in [0.4, 0.5) is 0 Å². The Balaban J connectivity index is -0.0000000800. The fraction of sp³-hybridized carbons (Fsp3) is 1.00. The fourth-order valence-corrected chi connectivity index (χ4v) is 0.250. The standard InChI is InChI=1S/C4H11N.Al.ClH.3H/c1-3-5-4-2;;;;;/h5H,3-4H2,1-2H3;;1H;;;. The molecule has 7 heavy (non-hydrogen) atoms. The Morgan fingerprint density at radius 3 is 1.43 bits per heavy atom. The number of hydrogen-bond acceptors (Lipinski definition) is 1. The Labute approximate surface area is 62.4 Å². The maximum absolute atomic E-state index is 3.11. The van der Waals surface area contributed by atoms with Crippen LogP contribution in [0, 0.1) is 0 Å². The minimum absolute atomic E-state index is 0. The van der Waals surface area contributed by atoms with E-state index in [2.05, 4.69) is 19.2 Å². The van der Waals surface area contributed by atoms with Gasteiger partial charge in [-0.05, 0) is 13.1 Å². The van der Waals surface area contributed by atoms with Crippen molar-refractivity contribution < 1.29 is 0 Å². The molecule has 0 aromatic rings.